The Bertz CT molecular complexity index is 325. The summed E-state index contributed by atoms with van der Waals surface area (Å²) < 4.78 is 18.8. The van der Waals surface area contributed by atoms with Gasteiger partial charge >= 0.3 is 0 Å². The lowest BCUT2D eigenvalue weighted by molar-refractivity contribution is 0.122. The van der Waals surface area contributed by atoms with E-state index in [0.29, 0.717) is 37.7 Å². The third-order valence-electron chi connectivity index (χ3n) is 2.37. The number of aromatic nitrogens is 1. The first kappa shape index (κ1) is 12.9. The van der Waals surface area contributed by atoms with E-state index in [2.05, 4.69) is 4.98 Å². The fourth-order valence-corrected chi connectivity index (χ4v) is 1.52. The van der Waals surface area contributed by atoms with Crippen molar-refractivity contribution in [3.05, 3.63) is 23.6 Å². The standard InChI is InChI=1S/C10H13FN2O.C2H6/c1-8-2-3-12-10(9(8)11)13-4-6-14-7-5-13;1-2/h2-3H,4-7H2,1H3;1-2H3. The smallest absolute Gasteiger partial charge is 0.168 e. The van der Waals surface area contributed by atoms with Crippen molar-refractivity contribution in [1.29, 1.82) is 0 Å². The molecule has 3 nitrogen and oxygen atoms in total. The fourth-order valence-electron chi connectivity index (χ4n) is 1.52. The van der Waals surface area contributed by atoms with Crippen molar-refractivity contribution in [1.82, 2.24) is 4.98 Å². The maximum atomic E-state index is 13.6. The summed E-state index contributed by atoms with van der Waals surface area (Å²) in [6.07, 6.45) is 1.64. The van der Waals surface area contributed by atoms with Gasteiger partial charge in [0.05, 0.1) is 13.2 Å². The first-order valence-electron chi connectivity index (χ1n) is 5.73. The Labute approximate surface area is 96.2 Å². The molecule has 2 rings (SSSR count). The van der Waals surface area contributed by atoms with Gasteiger partial charge in [-0.1, -0.05) is 13.8 Å². The molecule has 0 saturated carbocycles. The number of hydrogen-bond donors (Lipinski definition) is 0. The van der Waals surface area contributed by atoms with Crippen LogP contribution in [0, 0.1) is 12.7 Å². The molecule has 1 fully saturated rings. The molecule has 4 heteroatoms. The molecule has 0 unspecified atom stereocenters. The van der Waals surface area contributed by atoms with Gasteiger partial charge in [0.15, 0.2) is 11.6 Å². The van der Waals surface area contributed by atoms with Crippen LogP contribution in [0.2, 0.25) is 0 Å². The third kappa shape index (κ3) is 2.92. The SMILES string of the molecule is CC.Cc1ccnc(N2CCOCC2)c1F. The molecule has 0 radical (unpaired) electrons. The molecule has 0 N–H and O–H groups in total. The highest BCUT2D eigenvalue weighted by atomic mass is 19.1. The molecule has 0 aliphatic carbocycles. The summed E-state index contributed by atoms with van der Waals surface area (Å²) in [4.78, 5) is 5.98. The van der Waals surface area contributed by atoms with Gasteiger partial charge in [0.2, 0.25) is 0 Å². The number of halogens is 1. The van der Waals surface area contributed by atoms with Gasteiger partial charge in [-0.3, -0.25) is 0 Å². The summed E-state index contributed by atoms with van der Waals surface area (Å²) in [7, 11) is 0. The van der Waals surface area contributed by atoms with E-state index < -0.39 is 0 Å². The molecule has 1 saturated heterocycles. The molecule has 1 aliphatic heterocycles. The number of hydrogen-bond acceptors (Lipinski definition) is 3. The normalized spacial score (nSPS) is 15.4. The average molecular weight is 226 g/mol. The third-order valence-corrected chi connectivity index (χ3v) is 2.37. The van der Waals surface area contributed by atoms with Crippen LogP contribution in [0.5, 0.6) is 0 Å². The molecule has 2 heterocycles. The number of anilines is 1. The summed E-state index contributed by atoms with van der Waals surface area (Å²) in [6, 6.07) is 1.68. The molecule has 90 valence electrons. The van der Waals surface area contributed by atoms with E-state index in [9.17, 15) is 4.39 Å². The fraction of sp³-hybridized carbons (Fsp3) is 0.583. The van der Waals surface area contributed by atoms with E-state index in [1.54, 1.807) is 19.2 Å². The predicted octanol–water partition coefficient (Wildman–Crippen LogP) is 2.39. The summed E-state index contributed by atoms with van der Waals surface area (Å²) in [5.74, 6) is 0.239. The molecular formula is C12H19FN2O. The van der Waals surface area contributed by atoms with E-state index >= 15 is 0 Å². The zero-order valence-corrected chi connectivity index (χ0v) is 10.2. The molecule has 0 atom stereocenters. The number of aryl methyl sites for hydroxylation is 1. The van der Waals surface area contributed by atoms with E-state index in [1.807, 2.05) is 18.7 Å². The van der Waals surface area contributed by atoms with Crippen LogP contribution in [0.1, 0.15) is 19.4 Å². The van der Waals surface area contributed by atoms with Crippen molar-refractivity contribution in [2.24, 2.45) is 0 Å². The molecule has 1 aliphatic rings. The van der Waals surface area contributed by atoms with Gasteiger partial charge in [0, 0.05) is 19.3 Å². The summed E-state index contributed by atoms with van der Waals surface area (Å²) in [5.41, 5.74) is 0.640. The Hall–Kier alpha value is -1.16. The van der Waals surface area contributed by atoms with Crippen molar-refractivity contribution in [3.8, 4) is 0 Å². The van der Waals surface area contributed by atoms with Crippen LogP contribution in [0.25, 0.3) is 0 Å². The van der Waals surface area contributed by atoms with E-state index in [-0.39, 0.29) is 5.82 Å². The van der Waals surface area contributed by atoms with Crippen molar-refractivity contribution in [2.45, 2.75) is 20.8 Å². The molecule has 16 heavy (non-hydrogen) atoms. The Kier molecular flexibility index (Phi) is 5.19. The van der Waals surface area contributed by atoms with Crippen LogP contribution < -0.4 is 4.90 Å². The van der Waals surface area contributed by atoms with Crippen LogP contribution in [-0.2, 0) is 4.74 Å². The Morgan fingerprint density at radius 2 is 1.94 bits per heavy atom. The van der Waals surface area contributed by atoms with Crippen molar-refractivity contribution < 1.29 is 9.13 Å². The first-order chi connectivity index (χ1) is 7.79. The monoisotopic (exact) mass is 226 g/mol. The first-order valence-corrected chi connectivity index (χ1v) is 5.73. The molecule has 0 aromatic carbocycles. The van der Waals surface area contributed by atoms with Gasteiger partial charge in [0.1, 0.15) is 0 Å². The number of morpholine rings is 1. The van der Waals surface area contributed by atoms with Crippen molar-refractivity contribution in [2.75, 3.05) is 31.2 Å². The van der Waals surface area contributed by atoms with Crippen LogP contribution in [0.3, 0.4) is 0 Å². The number of nitrogens with zero attached hydrogens (tertiary/aromatic N) is 2. The van der Waals surface area contributed by atoms with Gasteiger partial charge in [0.25, 0.3) is 0 Å². The molecule has 1 aromatic rings. The minimum Gasteiger partial charge on any atom is -0.378 e. The molecule has 0 amide bonds. The average Bonchev–Trinajstić information content (AvgIpc) is 2.36. The van der Waals surface area contributed by atoms with Crippen LogP contribution in [-0.4, -0.2) is 31.3 Å². The molecule has 0 spiro atoms. The quantitative estimate of drug-likeness (QED) is 0.735. The topological polar surface area (TPSA) is 25.4 Å². The summed E-state index contributed by atoms with van der Waals surface area (Å²) in [6.45, 7) is 8.48. The summed E-state index contributed by atoms with van der Waals surface area (Å²) >= 11 is 0. The minimum atomic E-state index is -0.214. The molecular weight excluding hydrogens is 207 g/mol. The predicted molar refractivity (Wildman–Crippen MR) is 63.3 cm³/mol. The second-order valence-corrected chi connectivity index (χ2v) is 3.36. The van der Waals surface area contributed by atoms with Crippen molar-refractivity contribution >= 4 is 5.82 Å². The lowest BCUT2D eigenvalue weighted by Gasteiger charge is -2.28. The molecule has 1 aromatic heterocycles. The zero-order chi connectivity index (χ0) is 12.0. The maximum absolute atomic E-state index is 13.6. The van der Waals surface area contributed by atoms with Gasteiger partial charge < -0.3 is 9.64 Å². The van der Waals surface area contributed by atoms with Crippen LogP contribution >= 0.6 is 0 Å². The number of ether oxygens (including phenoxy) is 1. The zero-order valence-electron chi connectivity index (χ0n) is 10.2. The lowest BCUT2D eigenvalue weighted by Crippen LogP contribution is -2.37. The highest BCUT2D eigenvalue weighted by Gasteiger charge is 2.16. The molecule has 0 bridgehead atoms. The summed E-state index contributed by atoms with van der Waals surface area (Å²) in [5, 5.41) is 0. The van der Waals surface area contributed by atoms with E-state index in [4.69, 9.17) is 4.74 Å². The minimum absolute atomic E-state index is 0.214. The second-order valence-electron chi connectivity index (χ2n) is 3.36. The van der Waals surface area contributed by atoms with Gasteiger partial charge in [-0.25, -0.2) is 9.37 Å². The largest absolute Gasteiger partial charge is 0.378 e. The lowest BCUT2D eigenvalue weighted by atomic mass is 10.2. The van der Waals surface area contributed by atoms with E-state index in [0.717, 1.165) is 0 Å². The van der Waals surface area contributed by atoms with Crippen LogP contribution in [0.15, 0.2) is 12.3 Å². The number of rotatable bonds is 1. The Morgan fingerprint density at radius 3 is 2.56 bits per heavy atom. The highest BCUT2D eigenvalue weighted by Crippen LogP contribution is 2.19. The Morgan fingerprint density at radius 1 is 1.31 bits per heavy atom. The van der Waals surface area contributed by atoms with Gasteiger partial charge in [-0.15, -0.1) is 0 Å². The second kappa shape index (κ2) is 6.43. The Balaban J connectivity index is 0.000000606. The maximum Gasteiger partial charge on any atom is 0.168 e. The van der Waals surface area contributed by atoms with Gasteiger partial charge in [-0.2, -0.15) is 0 Å². The van der Waals surface area contributed by atoms with Gasteiger partial charge in [-0.05, 0) is 18.6 Å². The van der Waals surface area contributed by atoms with Crippen LogP contribution in [0.4, 0.5) is 10.2 Å². The number of pyridine rings is 1. The van der Waals surface area contributed by atoms with E-state index in [1.165, 1.54) is 0 Å². The van der Waals surface area contributed by atoms with Crippen molar-refractivity contribution in [3.63, 3.8) is 0 Å². The highest BCUT2D eigenvalue weighted by molar-refractivity contribution is 5.42.